The number of carbonyl (C=O) groups is 5. The van der Waals surface area contributed by atoms with Crippen molar-refractivity contribution in [2.24, 2.45) is 11.5 Å². The third-order valence-electron chi connectivity index (χ3n) is 6.64. The first-order valence-electron chi connectivity index (χ1n) is 13.6. The van der Waals surface area contributed by atoms with Gasteiger partial charge in [-0.1, -0.05) is 24.3 Å². The monoisotopic (exact) mass is 609 g/mol. The highest BCUT2D eigenvalue weighted by molar-refractivity contribution is 5.94. The standard InChI is InChI=1S/C29H35N7O8/c30-21(11-16-1-5-19(37)6-2-16)26(40)35-23(12-17-3-7-20(38)8-4-17)28(42)34-22(9-10-25(31)39)27(41)36-24(29(43)44)13-18-14-32-15-33-18/h1-8,14-15,21-24,37-38H,9-13,30H2,(H2,31,39)(H,32,33)(H,34,42)(H,35,40)(H,36,41)(H,43,44). The second-order valence-electron chi connectivity index (χ2n) is 10.2. The van der Waals surface area contributed by atoms with Gasteiger partial charge in [-0.25, -0.2) is 9.78 Å². The molecule has 15 nitrogen and oxygen atoms in total. The van der Waals surface area contributed by atoms with Crippen molar-refractivity contribution in [2.75, 3.05) is 0 Å². The zero-order valence-electron chi connectivity index (χ0n) is 23.6. The van der Waals surface area contributed by atoms with E-state index in [0.717, 1.165) is 0 Å². The van der Waals surface area contributed by atoms with E-state index in [1.165, 1.54) is 36.8 Å². The zero-order valence-corrected chi connectivity index (χ0v) is 23.6. The summed E-state index contributed by atoms with van der Waals surface area (Å²) >= 11 is 0. The number of amides is 4. The molecule has 2 aromatic carbocycles. The largest absolute Gasteiger partial charge is 0.508 e. The fourth-order valence-corrected chi connectivity index (χ4v) is 4.25. The van der Waals surface area contributed by atoms with Crippen LogP contribution in [0.5, 0.6) is 11.5 Å². The number of imidazole rings is 1. The zero-order chi connectivity index (χ0) is 32.2. The Morgan fingerprint density at radius 2 is 1.27 bits per heavy atom. The van der Waals surface area contributed by atoms with E-state index in [4.69, 9.17) is 11.5 Å². The normalized spacial score (nSPS) is 13.6. The van der Waals surface area contributed by atoms with Crippen molar-refractivity contribution in [3.8, 4) is 11.5 Å². The molecule has 0 aliphatic carbocycles. The quantitative estimate of drug-likeness (QED) is 0.0954. The molecule has 0 saturated heterocycles. The predicted molar refractivity (Wildman–Crippen MR) is 156 cm³/mol. The number of nitrogens with two attached hydrogens (primary N) is 2. The molecule has 1 aromatic heterocycles. The van der Waals surface area contributed by atoms with Crippen molar-refractivity contribution in [1.29, 1.82) is 0 Å². The molecule has 3 aromatic rings. The van der Waals surface area contributed by atoms with Gasteiger partial charge in [0.15, 0.2) is 0 Å². The van der Waals surface area contributed by atoms with Crippen LogP contribution in [0.25, 0.3) is 0 Å². The third-order valence-corrected chi connectivity index (χ3v) is 6.64. The van der Waals surface area contributed by atoms with Gasteiger partial charge in [-0.2, -0.15) is 0 Å². The molecule has 0 fully saturated rings. The Hall–Kier alpha value is -5.44. The summed E-state index contributed by atoms with van der Waals surface area (Å²) in [6, 6.07) is 6.86. The maximum absolute atomic E-state index is 13.5. The summed E-state index contributed by atoms with van der Waals surface area (Å²) in [5.74, 6) is -4.44. The predicted octanol–water partition coefficient (Wildman–Crippen LogP) is -1.02. The number of hydrogen-bond donors (Lipinski definition) is 9. The summed E-state index contributed by atoms with van der Waals surface area (Å²) in [7, 11) is 0. The molecule has 0 aliphatic heterocycles. The Labute approximate surface area is 252 Å². The lowest BCUT2D eigenvalue weighted by molar-refractivity contribution is -0.142. The average Bonchev–Trinajstić information content (AvgIpc) is 3.49. The first-order chi connectivity index (χ1) is 20.9. The molecule has 0 radical (unpaired) electrons. The molecule has 0 bridgehead atoms. The number of carboxylic acid groups (broad SMARTS) is 1. The van der Waals surface area contributed by atoms with Gasteiger partial charge in [0.2, 0.25) is 23.6 Å². The number of primary amides is 1. The summed E-state index contributed by atoms with van der Waals surface area (Å²) < 4.78 is 0. The number of aromatic hydroxyl groups is 2. The minimum Gasteiger partial charge on any atom is -0.508 e. The van der Waals surface area contributed by atoms with Gasteiger partial charge in [-0.3, -0.25) is 19.2 Å². The van der Waals surface area contributed by atoms with Gasteiger partial charge in [0.25, 0.3) is 0 Å². The van der Waals surface area contributed by atoms with E-state index in [0.29, 0.717) is 16.8 Å². The molecule has 15 heteroatoms. The Balaban J connectivity index is 1.78. The van der Waals surface area contributed by atoms with E-state index in [9.17, 15) is 39.3 Å². The van der Waals surface area contributed by atoms with Crippen LogP contribution in [0, 0.1) is 0 Å². The highest BCUT2D eigenvalue weighted by Gasteiger charge is 2.31. The molecular weight excluding hydrogens is 574 g/mol. The van der Waals surface area contributed by atoms with Gasteiger partial charge >= 0.3 is 5.97 Å². The molecular formula is C29H35N7O8. The Bertz CT molecular complexity index is 1430. The van der Waals surface area contributed by atoms with Crippen LogP contribution < -0.4 is 27.4 Å². The molecule has 44 heavy (non-hydrogen) atoms. The van der Waals surface area contributed by atoms with Crippen molar-refractivity contribution < 1.29 is 39.3 Å². The second kappa shape index (κ2) is 15.7. The number of phenolic OH excluding ortho intramolecular Hbond substituents is 2. The maximum Gasteiger partial charge on any atom is 0.326 e. The van der Waals surface area contributed by atoms with E-state index in [2.05, 4.69) is 25.9 Å². The number of phenols is 2. The highest BCUT2D eigenvalue weighted by Crippen LogP contribution is 2.14. The van der Waals surface area contributed by atoms with Gasteiger partial charge in [-0.15, -0.1) is 0 Å². The van der Waals surface area contributed by atoms with Gasteiger partial charge in [0.05, 0.1) is 12.4 Å². The highest BCUT2D eigenvalue weighted by atomic mass is 16.4. The van der Waals surface area contributed by atoms with Crippen molar-refractivity contribution in [1.82, 2.24) is 25.9 Å². The molecule has 3 rings (SSSR count). The topological polar surface area (TPSA) is 263 Å². The van der Waals surface area contributed by atoms with Crippen LogP contribution in [0.1, 0.15) is 29.7 Å². The van der Waals surface area contributed by atoms with E-state index in [-0.39, 0.29) is 43.6 Å². The van der Waals surface area contributed by atoms with Gasteiger partial charge < -0.3 is 47.7 Å². The number of carbonyl (C=O) groups excluding carboxylic acids is 4. The van der Waals surface area contributed by atoms with E-state index in [1.807, 2.05) is 0 Å². The minimum absolute atomic E-state index is 0.0130. The Morgan fingerprint density at radius 1 is 0.750 bits per heavy atom. The lowest BCUT2D eigenvalue weighted by Crippen LogP contribution is -2.58. The number of aromatic nitrogens is 2. The molecule has 4 amide bonds. The van der Waals surface area contributed by atoms with Gasteiger partial charge in [-0.05, 0) is 48.2 Å². The SMILES string of the molecule is NC(=O)CCC(NC(=O)C(Cc1ccc(O)cc1)NC(=O)C(N)Cc1ccc(O)cc1)C(=O)NC(Cc1cnc[nH]1)C(=O)O. The summed E-state index contributed by atoms with van der Waals surface area (Å²) in [4.78, 5) is 69.7. The third kappa shape index (κ3) is 10.4. The molecule has 0 saturated carbocycles. The fourth-order valence-electron chi connectivity index (χ4n) is 4.25. The number of aromatic amines is 1. The summed E-state index contributed by atoms with van der Waals surface area (Å²) in [6.45, 7) is 0. The molecule has 4 unspecified atom stereocenters. The van der Waals surface area contributed by atoms with Crippen LogP contribution >= 0.6 is 0 Å². The van der Waals surface area contributed by atoms with Crippen molar-refractivity contribution in [3.05, 3.63) is 77.9 Å². The first-order valence-corrected chi connectivity index (χ1v) is 13.6. The van der Waals surface area contributed by atoms with E-state index in [1.54, 1.807) is 24.3 Å². The lowest BCUT2D eigenvalue weighted by atomic mass is 10.0. The summed E-state index contributed by atoms with van der Waals surface area (Å²) in [5.41, 5.74) is 13.0. The van der Waals surface area contributed by atoms with E-state index >= 15 is 0 Å². The fraction of sp³-hybridized carbons (Fsp3) is 0.310. The molecule has 0 spiro atoms. The number of nitrogens with zero attached hydrogens (tertiary/aromatic N) is 1. The molecule has 234 valence electrons. The van der Waals surface area contributed by atoms with Crippen molar-refractivity contribution >= 4 is 29.6 Å². The van der Waals surface area contributed by atoms with Crippen LogP contribution in [0.2, 0.25) is 0 Å². The smallest absolute Gasteiger partial charge is 0.326 e. The number of benzene rings is 2. The maximum atomic E-state index is 13.5. The molecule has 11 N–H and O–H groups in total. The van der Waals surface area contributed by atoms with Crippen molar-refractivity contribution in [2.45, 2.75) is 56.3 Å². The van der Waals surface area contributed by atoms with Crippen LogP contribution in [0.4, 0.5) is 0 Å². The van der Waals surface area contributed by atoms with E-state index < -0.39 is 53.8 Å². The number of nitrogens with one attached hydrogen (secondary N) is 4. The Kier molecular flexibility index (Phi) is 11.8. The molecule has 4 atom stereocenters. The molecule has 1 heterocycles. The lowest BCUT2D eigenvalue weighted by Gasteiger charge is -2.25. The number of H-pyrrole nitrogens is 1. The number of rotatable bonds is 16. The molecule has 0 aliphatic rings. The summed E-state index contributed by atoms with van der Waals surface area (Å²) in [5, 5.41) is 36.2. The number of hydrogen-bond acceptors (Lipinski definition) is 9. The first kappa shape index (κ1) is 33.1. The Morgan fingerprint density at radius 3 is 1.80 bits per heavy atom. The van der Waals surface area contributed by atoms with Crippen LogP contribution in [-0.4, -0.2) is 79.1 Å². The summed E-state index contributed by atoms with van der Waals surface area (Å²) in [6.07, 6.45) is 2.10. The van der Waals surface area contributed by atoms with Gasteiger partial charge in [0.1, 0.15) is 29.6 Å². The van der Waals surface area contributed by atoms with Crippen LogP contribution in [-0.2, 0) is 43.2 Å². The van der Waals surface area contributed by atoms with Crippen molar-refractivity contribution in [3.63, 3.8) is 0 Å². The van der Waals surface area contributed by atoms with Crippen LogP contribution in [0.3, 0.4) is 0 Å². The van der Waals surface area contributed by atoms with Crippen LogP contribution in [0.15, 0.2) is 61.1 Å². The second-order valence-corrected chi connectivity index (χ2v) is 10.2. The van der Waals surface area contributed by atoms with Gasteiger partial charge in [0, 0.05) is 31.2 Å². The number of carboxylic acids is 1. The minimum atomic E-state index is -1.39. The number of aliphatic carboxylic acids is 1. The average molecular weight is 610 g/mol.